The van der Waals surface area contributed by atoms with Gasteiger partial charge in [0.25, 0.3) is 0 Å². The van der Waals surface area contributed by atoms with Crippen molar-refractivity contribution in [3.8, 4) is 0 Å². The van der Waals surface area contributed by atoms with Crippen LogP contribution in [-0.2, 0) is 4.74 Å². The highest BCUT2D eigenvalue weighted by Gasteiger charge is 2.29. The Morgan fingerprint density at radius 3 is 2.50 bits per heavy atom. The van der Waals surface area contributed by atoms with E-state index >= 15 is 0 Å². The van der Waals surface area contributed by atoms with E-state index in [9.17, 15) is 23.9 Å². The third-order valence-corrected chi connectivity index (χ3v) is 2.94. The number of aromatic nitrogens is 1. The molecule has 1 N–H and O–H groups in total. The molecule has 0 fully saturated rings. The monoisotopic (exact) mass is 334 g/mol. The predicted octanol–water partition coefficient (Wildman–Crippen LogP) is 3.61. The molecule has 0 atom stereocenters. The molecule has 0 radical (unpaired) electrons. The van der Waals surface area contributed by atoms with Crippen molar-refractivity contribution in [1.29, 1.82) is 0 Å². The lowest BCUT2D eigenvalue weighted by Crippen LogP contribution is -2.40. The fourth-order valence-corrected chi connectivity index (χ4v) is 2.03. The number of hydrogen-bond donors (Lipinski definition) is 1. The molecule has 2 rings (SSSR count). The first-order chi connectivity index (χ1) is 11.1. The molecule has 0 aliphatic heterocycles. The highest BCUT2D eigenvalue weighted by atomic mass is 19.1. The molecule has 0 aliphatic carbocycles. The van der Waals surface area contributed by atoms with Crippen molar-refractivity contribution >= 4 is 35.1 Å². The van der Waals surface area contributed by atoms with Crippen molar-refractivity contribution < 1.29 is 28.6 Å². The van der Waals surface area contributed by atoms with Gasteiger partial charge in [-0.15, -0.1) is 0 Å². The lowest BCUT2D eigenvalue weighted by atomic mass is 10.1. The van der Waals surface area contributed by atoms with Gasteiger partial charge in [0.2, 0.25) is 0 Å². The van der Waals surface area contributed by atoms with Crippen LogP contribution in [0.2, 0.25) is 0 Å². The Morgan fingerprint density at radius 2 is 1.96 bits per heavy atom. The number of carbonyl (C=O) groups excluding carboxylic acids is 2. The Labute approximate surface area is 136 Å². The van der Waals surface area contributed by atoms with Gasteiger partial charge < -0.3 is 9.84 Å². The number of carbonyl (C=O) groups is 3. The smallest absolute Gasteiger partial charge is 0.425 e. The lowest BCUT2D eigenvalue weighted by Gasteiger charge is -2.24. The van der Waals surface area contributed by atoms with E-state index in [4.69, 9.17) is 4.74 Å². The fourth-order valence-electron chi connectivity index (χ4n) is 2.03. The molecule has 0 bridgehead atoms. The Balaban J connectivity index is 2.54. The summed E-state index contributed by atoms with van der Waals surface area (Å²) < 4.78 is 18.6. The van der Waals surface area contributed by atoms with Crippen LogP contribution < -0.4 is 4.90 Å². The number of fused-ring (bicyclic) bond motifs is 1. The van der Waals surface area contributed by atoms with E-state index in [0.29, 0.717) is 16.6 Å². The van der Waals surface area contributed by atoms with Crippen molar-refractivity contribution in [1.82, 2.24) is 4.98 Å². The molecule has 1 aromatic heterocycles. The number of imide groups is 1. The van der Waals surface area contributed by atoms with Crippen molar-refractivity contribution in [2.45, 2.75) is 26.4 Å². The summed E-state index contributed by atoms with van der Waals surface area (Å²) in [7, 11) is 0. The molecule has 7 nitrogen and oxygen atoms in total. The largest absolute Gasteiger partial charge is 0.464 e. The highest BCUT2D eigenvalue weighted by Crippen LogP contribution is 2.24. The topological polar surface area (TPSA) is 96.8 Å². The molecule has 1 heterocycles. The van der Waals surface area contributed by atoms with E-state index in [1.807, 2.05) is 0 Å². The summed E-state index contributed by atoms with van der Waals surface area (Å²) in [5.74, 6) is -0.924. The predicted molar refractivity (Wildman–Crippen MR) is 83.8 cm³/mol. The Kier molecular flexibility index (Phi) is 4.50. The molecule has 24 heavy (non-hydrogen) atoms. The number of rotatable bonds is 2. The fraction of sp³-hybridized carbons (Fsp3) is 0.250. The van der Waals surface area contributed by atoms with Crippen molar-refractivity contribution in [3.05, 3.63) is 35.8 Å². The molecule has 1 aromatic carbocycles. The number of amides is 2. The Morgan fingerprint density at radius 1 is 1.29 bits per heavy atom. The van der Waals surface area contributed by atoms with Crippen molar-refractivity contribution in [3.63, 3.8) is 0 Å². The zero-order valence-corrected chi connectivity index (χ0v) is 13.2. The number of anilines is 1. The lowest BCUT2D eigenvalue weighted by molar-refractivity contribution is 0.0580. The average Bonchev–Trinajstić information content (AvgIpc) is 2.43. The van der Waals surface area contributed by atoms with Crippen LogP contribution in [0.25, 0.3) is 10.8 Å². The minimum atomic E-state index is -1.59. The van der Waals surface area contributed by atoms with Crippen LogP contribution in [0, 0.1) is 5.82 Å². The van der Waals surface area contributed by atoms with E-state index in [1.54, 1.807) is 20.8 Å². The van der Waals surface area contributed by atoms with E-state index in [-0.39, 0.29) is 16.8 Å². The first-order valence-corrected chi connectivity index (χ1v) is 6.93. The summed E-state index contributed by atoms with van der Waals surface area (Å²) in [4.78, 5) is 38.7. The second kappa shape index (κ2) is 6.23. The minimum Gasteiger partial charge on any atom is -0.464 e. The first kappa shape index (κ1) is 17.3. The van der Waals surface area contributed by atoms with Crippen LogP contribution in [0.5, 0.6) is 0 Å². The Bertz CT molecular complexity index is 829. The van der Waals surface area contributed by atoms with Crippen molar-refractivity contribution in [2.24, 2.45) is 0 Å². The average molecular weight is 334 g/mol. The van der Waals surface area contributed by atoms with Gasteiger partial charge in [-0.3, -0.25) is 4.79 Å². The molecule has 2 aromatic rings. The molecule has 0 unspecified atom stereocenters. The van der Waals surface area contributed by atoms with Gasteiger partial charge in [0.15, 0.2) is 6.29 Å². The standard InChI is InChI=1S/C16H15FN2O5/c1-16(2,3)24-15(23)19(14(21)22)13-6-9-4-11(17)5-10(8-20)12(9)7-18-13/h4-8H,1-3H3,(H,21,22). The van der Waals surface area contributed by atoms with Crippen LogP contribution in [0.15, 0.2) is 24.4 Å². The second-order valence-corrected chi connectivity index (χ2v) is 5.97. The van der Waals surface area contributed by atoms with Crippen LogP contribution in [-0.4, -0.2) is 34.2 Å². The third-order valence-electron chi connectivity index (χ3n) is 2.94. The molecule has 2 amide bonds. The maximum atomic E-state index is 13.6. The number of nitrogens with zero attached hydrogens (tertiary/aromatic N) is 2. The van der Waals surface area contributed by atoms with E-state index in [2.05, 4.69) is 4.98 Å². The van der Waals surface area contributed by atoms with Gasteiger partial charge in [0.05, 0.1) is 0 Å². The summed E-state index contributed by atoms with van der Waals surface area (Å²) in [6.45, 7) is 4.76. The maximum absolute atomic E-state index is 13.6. The summed E-state index contributed by atoms with van der Waals surface area (Å²) >= 11 is 0. The number of carboxylic acid groups (broad SMARTS) is 1. The van der Waals surface area contributed by atoms with Gasteiger partial charge in [0, 0.05) is 17.1 Å². The van der Waals surface area contributed by atoms with Crippen LogP contribution in [0.1, 0.15) is 31.1 Å². The number of aldehydes is 1. The summed E-state index contributed by atoms with van der Waals surface area (Å²) in [5.41, 5.74) is -0.832. The number of benzene rings is 1. The van der Waals surface area contributed by atoms with Gasteiger partial charge in [-0.2, -0.15) is 4.90 Å². The minimum absolute atomic E-state index is 0.0724. The maximum Gasteiger partial charge on any atom is 0.425 e. The summed E-state index contributed by atoms with van der Waals surface area (Å²) in [6, 6.07) is 3.35. The quantitative estimate of drug-likeness (QED) is 0.843. The molecular weight excluding hydrogens is 319 g/mol. The second-order valence-electron chi connectivity index (χ2n) is 5.97. The molecule has 0 aliphatic rings. The molecular formula is C16H15FN2O5. The van der Waals surface area contributed by atoms with Gasteiger partial charge in [-0.05, 0) is 44.4 Å². The third kappa shape index (κ3) is 3.65. The van der Waals surface area contributed by atoms with Gasteiger partial charge >= 0.3 is 12.2 Å². The first-order valence-electron chi connectivity index (χ1n) is 6.93. The normalized spacial score (nSPS) is 11.2. The SMILES string of the molecule is CC(C)(C)OC(=O)N(C(=O)O)c1cc2cc(F)cc(C=O)c2cn1. The molecule has 0 saturated carbocycles. The molecule has 126 valence electrons. The zero-order chi connectivity index (χ0) is 18.1. The van der Waals surface area contributed by atoms with Gasteiger partial charge in [-0.1, -0.05) is 0 Å². The Hall–Kier alpha value is -3.03. The van der Waals surface area contributed by atoms with Gasteiger partial charge in [-0.25, -0.2) is 19.0 Å². The zero-order valence-electron chi connectivity index (χ0n) is 13.2. The van der Waals surface area contributed by atoms with Gasteiger partial charge in [0.1, 0.15) is 17.2 Å². The number of ether oxygens (including phenoxy) is 1. The molecule has 8 heteroatoms. The van der Waals surface area contributed by atoms with E-state index in [0.717, 1.165) is 12.1 Å². The molecule has 0 saturated heterocycles. The van der Waals surface area contributed by atoms with Crippen LogP contribution >= 0.6 is 0 Å². The molecule has 0 spiro atoms. The van der Waals surface area contributed by atoms with Crippen LogP contribution in [0.4, 0.5) is 19.8 Å². The summed E-state index contributed by atoms with van der Waals surface area (Å²) in [6.07, 6.45) is -1.05. The van der Waals surface area contributed by atoms with Crippen LogP contribution in [0.3, 0.4) is 0 Å². The van der Waals surface area contributed by atoms with Crippen molar-refractivity contribution in [2.75, 3.05) is 4.90 Å². The van der Waals surface area contributed by atoms with E-state index in [1.165, 1.54) is 12.3 Å². The summed E-state index contributed by atoms with van der Waals surface area (Å²) in [5, 5.41) is 9.85. The number of hydrogen-bond acceptors (Lipinski definition) is 5. The highest BCUT2D eigenvalue weighted by molar-refractivity contribution is 6.09. The number of pyridine rings is 1. The van der Waals surface area contributed by atoms with E-state index < -0.39 is 23.6 Å². The number of halogens is 1.